The molecule has 2 bridgehead atoms. The van der Waals surface area contributed by atoms with E-state index in [1.165, 1.54) is 0 Å². The van der Waals surface area contributed by atoms with Gasteiger partial charge in [0.15, 0.2) is 5.79 Å². The number of furan rings is 1. The minimum atomic E-state index is -1.44. The zero-order chi connectivity index (χ0) is 17.9. The smallest absolute Gasteiger partial charge is 0.318 e. The maximum absolute atomic E-state index is 12.8. The fraction of sp³-hybridized carbons (Fsp3) is 0.550. The minimum absolute atomic E-state index is 0.111. The van der Waals surface area contributed by atoms with Crippen LogP contribution >= 0.6 is 0 Å². The SMILES string of the molecule is COc1cc2c(c3occc13)C[C@H]1OC(=O)[C@]3(C)[C@H]1[C@@]21CC[C@@]3(O)OC1. The lowest BCUT2D eigenvalue weighted by molar-refractivity contribution is -0.344. The first kappa shape index (κ1) is 15.1. The molecular weight excluding hydrogens is 336 g/mol. The molecule has 1 aromatic carbocycles. The van der Waals surface area contributed by atoms with Crippen LogP contribution in [0.1, 0.15) is 30.9 Å². The summed E-state index contributed by atoms with van der Waals surface area (Å²) in [5, 5.41) is 12.0. The van der Waals surface area contributed by atoms with Crippen molar-refractivity contribution in [2.45, 2.75) is 43.5 Å². The first-order chi connectivity index (χ1) is 12.4. The predicted octanol–water partition coefficient (Wildman–Crippen LogP) is 2.30. The second kappa shape index (κ2) is 4.26. The number of fused-ring (bicyclic) bond motifs is 5. The molecule has 1 N–H and O–H groups in total. The van der Waals surface area contributed by atoms with E-state index in [9.17, 15) is 9.90 Å². The molecule has 0 unspecified atom stereocenters. The largest absolute Gasteiger partial charge is 0.496 e. The minimum Gasteiger partial charge on any atom is -0.496 e. The van der Waals surface area contributed by atoms with Crippen LogP contribution in [0, 0.1) is 11.3 Å². The van der Waals surface area contributed by atoms with Gasteiger partial charge in [-0.25, -0.2) is 0 Å². The van der Waals surface area contributed by atoms with E-state index in [-0.39, 0.29) is 23.4 Å². The highest BCUT2D eigenvalue weighted by Crippen LogP contribution is 2.68. The van der Waals surface area contributed by atoms with Crippen LogP contribution in [-0.2, 0) is 26.1 Å². The van der Waals surface area contributed by atoms with Crippen molar-refractivity contribution in [2.24, 2.45) is 11.3 Å². The van der Waals surface area contributed by atoms with Gasteiger partial charge in [-0.15, -0.1) is 0 Å². The summed E-state index contributed by atoms with van der Waals surface area (Å²) in [6, 6.07) is 3.98. The Labute approximate surface area is 150 Å². The van der Waals surface area contributed by atoms with E-state index >= 15 is 0 Å². The van der Waals surface area contributed by atoms with Gasteiger partial charge in [-0.1, -0.05) is 0 Å². The van der Waals surface area contributed by atoms with E-state index in [4.69, 9.17) is 18.6 Å². The van der Waals surface area contributed by atoms with Gasteiger partial charge in [-0.2, -0.15) is 0 Å². The van der Waals surface area contributed by atoms with Crippen molar-refractivity contribution in [3.63, 3.8) is 0 Å². The van der Waals surface area contributed by atoms with E-state index in [1.54, 1.807) is 20.3 Å². The van der Waals surface area contributed by atoms with Crippen LogP contribution in [0.2, 0.25) is 0 Å². The van der Waals surface area contributed by atoms with Gasteiger partial charge in [-0.05, 0) is 31.0 Å². The summed E-state index contributed by atoms with van der Waals surface area (Å²) in [5.41, 5.74) is 1.56. The predicted molar refractivity (Wildman–Crippen MR) is 89.8 cm³/mol. The summed E-state index contributed by atoms with van der Waals surface area (Å²) in [4.78, 5) is 12.8. The lowest BCUT2D eigenvalue weighted by atomic mass is 9.46. The van der Waals surface area contributed by atoms with Crippen LogP contribution in [0.5, 0.6) is 5.75 Å². The first-order valence-electron chi connectivity index (χ1n) is 9.10. The van der Waals surface area contributed by atoms with E-state index in [2.05, 4.69) is 6.07 Å². The number of hydrogen-bond acceptors (Lipinski definition) is 6. The number of methoxy groups -OCH3 is 1. The van der Waals surface area contributed by atoms with Crippen LogP contribution in [0.3, 0.4) is 0 Å². The van der Waals surface area contributed by atoms with Crippen LogP contribution in [0.15, 0.2) is 22.8 Å². The molecule has 5 aliphatic rings. The molecule has 26 heavy (non-hydrogen) atoms. The normalized spacial score (nSPS) is 42.5. The Morgan fingerprint density at radius 1 is 1.35 bits per heavy atom. The summed E-state index contributed by atoms with van der Waals surface area (Å²) in [5.74, 6) is -1.14. The molecule has 3 aliphatic heterocycles. The van der Waals surface area contributed by atoms with E-state index in [1.807, 2.05) is 6.07 Å². The number of rotatable bonds is 1. The summed E-state index contributed by atoms with van der Waals surface area (Å²) in [7, 11) is 1.65. The molecular formula is C20H20O6. The number of hydrogen-bond donors (Lipinski definition) is 1. The van der Waals surface area contributed by atoms with Crippen LogP contribution in [-0.4, -0.2) is 36.7 Å². The van der Waals surface area contributed by atoms with Gasteiger partial charge in [0.2, 0.25) is 0 Å². The third-order valence-electron chi connectivity index (χ3n) is 7.53. The number of esters is 1. The molecule has 136 valence electrons. The Bertz CT molecular complexity index is 966. The summed E-state index contributed by atoms with van der Waals surface area (Å²) in [6.45, 7) is 2.18. The fourth-order valence-corrected chi connectivity index (χ4v) is 6.29. The molecule has 6 heteroatoms. The Morgan fingerprint density at radius 2 is 2.19 bits per heavy atom. The quantitative estimate of drug-likeness (QED) is 0.790. The topological polar surface area (TPSA) is 78.1 Å². The standard InChI is InChI=1S/C20H20O6/c1-18-16-14(26-17(18)21)7-11-12(19(16)4-5-20(18,22)25-9-19)8-13(23-2)10-3-6-24-15(10)11/h3,6,8,14,16,22H,4-5,7,9H2,1-2H3/t14-,16+,18+,19-,20-/m1/s1. The molecule has 4 heterocycles. The summed E-state index contributed by atoms with van der Waals surface area (Å²) >= 11 is 0. The van der Waals surface area contributed by atoms with Gasteiger partial charge in [0.05, 0.1) is 25.4 Å². The Kier molecular flexibility index (Phi) is 2.47. The highest BCUT2D eigenvalue weighted by atomic mass is 16.6. The highest BCUT2D eigenvalue weighted by Gasteiger charge is 2.78. The van der Waals surface area contributed by atoms with Crippen molar-refractivity contribution in [3.05, 3.63) is 29.5 Å². The molecule has 6 nitrogen and oxygen atoms in total. The van der Waals surface area contributed by atoms with Crippen molar-refractivity contribution in [1.82, 2.24) is 0 Å². The second-order valence-corrected chi connectivity index (χ2v) is 8.33. The van der Waals surface area contributed by atoms with Gasteiger partial charge in [0, 0.05) is 29.7 Å². The monoisotopic (exact) mass is 356 g/mol. The maximum atomic E-state index is 12.8. The summed E-state index contributed by atoms with van der Waals surface area (Å²) < 4.78 is 23.2. The number of carbonyl (C=O) groups is 1. The Hall–Kier alpha value is -2.05. The van der Waals surface area contributed by atoms with Crippen LogP contribution < -0.4 is 4.74 Å². The first-order valence-corrected chi connectivity index (χ1v) is 9.10. The fourth-order valence-electron chi connectivity index (χ4n) is 6.29. The zero-order valence-corrected chi connectivity index (χ0v) is 14.7. The van der Waals surface area contributed by atoms with Crippen LogP contribution in [0.4, 0.5) is 0 Å². The molecule has 2 aliphatic carbocycles. The third-order valence-corrected chi connectivity index (χ3v) is 7.53. The Balaban J connectivity index is 1.69. The molecule has 4 fully saturated rings. The van der Waals surface area contributed by atoms with Gasteiger partial charge in [0.1, 0.15) is 22.9 Å². The van der Waals surface area contributed by atoms with Crippen molar-refractivity contribution >= 4 is 16.9 Å². The molecule has 0 radical (unpaired) electrons. The number of ether oxygens (including phenoxy) is 3. The number of aliphatic hydroxyl groups is 1. The number of benzene rings is 1. The van der Waals surface area contributed by atoms with E-state index < -0.39 is 11.2 Å². The third kappa shape index (κ3) is 1.33. The molecule has 3 saturated heterocycles. The van der Waals surface area contributed by atoms with Crippen molar-refractivity contribution in [2.75, 3.05) is 13.7 Å². The second-order valence-electron chi connectivity index (χ2n) is 8.33. The molecule has 2 aromatic rings. The molecule has 1 saturated carbocycles. The van der Waals surface area contributed by atoms with Crippen molar-refractivity contribution in [3.8, 4) is 5.75 Å². The number of carbonyl (C=O) groups excluding carboxylic acids is 1. The molecule has 0 amide bonds. The molecule has 1 spiro atoms. The molecule has 1 aromatic heterocycles. The Morgan fingerprint density at radius 3 is 2.92 bits per heavy atom. The van der Waals surface area contributed by atoms with Crippen molar-refractivity contribution in [1.29, 1.82) is 0 Å². The van der Waals surface area contributed by atoms with Gasteiger partial charge >= 0.3 is 5.97 Å². The lowest BCUT2D eigenvalue weighted by Crippen LogP contribution is -2.71. The van der Waals surface area contributed by atoms with Gasteiger partial charge in [0.25, 0.3) is 0 Å². The average molecular weight is 356 g/mol. The van der Waals surface area contributed by atoms with Gasteiger partial charge in [-0.3, -0.25) is 4.79 Å². The molecule has 7 rings (SSSR count). The zero-order valence-electron chi connectivity index (χ0n) is 14.7. The van der Waals surface area contributed by atoms with Crippen LogP contribution in [0.25, 0.3) is 11.0 Å². The molecule has 5 atom stereocenters. The lowest BCUT2D eigenvalue weighted by Gasteiger charge is -2.62. The van der Waals surface area contributed by atoms with E-state index in [0.29, 0.717) is 19.4 Å². The maximum Gasteiger partial charge on any atom is 0.318 e. The summed E-state index contributed by atoms with van der Waals surface area (Å²) in [6.07, 6.45) is 3.16. The van der Waals surface area contributed by atoms with Gasteiger partial charge < -0.3 is 23.7 Å². The van der Waals surface area contributed by atoms with Crippen molar-refractivity contribution < 1.29 is 28.5 Å². The average Bonchev–Trinajstić information content (AvgIpc) is 3.22. The highest BCUT2D eigenvalue weighted by molar-refractivity contribution is 5.90. The van der Waals surface area contributed by atoms with E-state index in [0.717, 1.165) is 34.3 Å².